The fraction of sp³-hybridized carbons (Fsp3) is 0.793. The zero-order valence-electron chi connectivity index (χ0n) is 27.3. The summed E-state index contributed by atoms with van der Waals surface area (Å²) in [7, 11) is 0. The van der Waals surface area contributed by atoms with E-state index in [0.717, 1.165) is 0 Å². The number of carboxylic acids is 1. The summed E-state index contributed by atoms with van der Waals surface area (Å²) >= 11 is 0. The monoisotopic (exact) mass is 652 g/mol. The summed E-state index contributed by atoms with van der Waals surface area (Å²) in [4.78, 5) is 68.5. The predicted molar refractivity (Wildman–Crippen MR) is 165 cm³/mol. The van der Waals surface area contributed by atoms with Gasteiger partial charge in [0.15, 0.2) is 12.2 Å². The highest BCUT2D eigenvalue weighted by atomic mass is 16.6. The Hall–Kier alpha value is -3.66. The van der Waals surface area contributed by atoms with Gasteiger partial charge in [-0.05, 0) is 61.3 Å². The van der Waals surface area contributed by atoms with Crippen molar-refractivity contribution in [3.8, 4) is 0 Å². The van der Waals surface area contributed by atoms with E-state index >= 15 is 0 Å². The van der Waals surface area contributed by atoms with Crippen molar-refractivity contribution in [2.24, 2.45) is 0 Å². The van der Waals surface area contributed by atoms with Gasteiger partial charge in [0.1, 0.15) is 24.3 Å². The van der Waals surface area contributed by atoms with Crippen LogP contribution in [0.15, 0.2) is 0 Å². The summed E-state index contributed by atoms with van der Waals surface area (Å²) in [6, 6.07) is -1.66. The smallest absolute Gasteiger partial charge is 0.407 e. The van der Waals surface area contributed by atoms with Gasteiger partial charge in [-0.3, -0.25) is 19.2 Å². The van der Waals surface area contributed by atoms with E-state index in [9.17, 15) is 39.0 Å². The molecule has 4 unspecified atom stereocenters. The quantitative estimate of drug-likeness (QED) is 0.0986. The Balaban J connectivity index is -0.000000770. The van der Waals surface area contributed by atoms with Crippen molar-refractivity contribution in [3.63, 3.8) is 0 Å². The molecule has 0 fully saturated rings. The van der Waals surface area contributed by atoms with Crippen LogP contribution in [0, 0.1) is 0 Å². The van der Waals surface area contributed by atoms with Crippen LogP contribution < -0.4 is 21.3 Å². The number of esters is 1. The molecule has 0 spiro atoms. The van der Waals surface area contributed by atoms with Crippen molar-refractivity contribution in [1.82, 2.24) is 21.3 Å². The van der Waals surface area contributed by atoms with E-state index < -0.39 is 78.0 Å². The second kappa shape index (κ2) is 22.8. The van der Waals surface area contributed by atoms with Crippen LogP contribution in [0.2, 0.25) is 0 Å². The van der Waals surface area contributed by atoms with Crippen molar-refractivity contribution in [2.75, 3.05) is 19.7 Å². The maximum atomic E-state index is 11.9. The highest BCUT2D eigenvalue weighted by Gasteiger charge is 2.30. The van der Waals surface area contributed by atoms with Crippen molar-refractivity contribution in [1.29, 1.82) is 0 Å². The predicted octanol–water partition coefficient (Wildman–Crippen LogP) is 1.60. The van der Waals surface area contributed by atoms with Gasteiger partial charge in [0.05, 0.1) is 18.7 Å². The van der Waals surface area contributed by atoms with Gasteiger partial charge in [0.2, 0.25) is 0 Å². The Bertz CT molecular complexity index is 931. The van der Waals surface area contributed by atoms with Crippen molar-refractivity contribution < 1.29 is 58.3 Å². The number of carboxylic acid groups (broad SMARTS) is 1. The number of carbonyl (C=O) groups excluding carboxylic acids is 5. The number of aliphatic hydroxyl groups excluding tert-OH is 2. The average molecular weight is 653 g/mol. The van der Waals surface area contributed by atoms with Gasteiger partial charge >= 0.3 is 24.1 Å². The lowest BCUT2D eigenvalue weighted by atomic mass is 10.1. The van der Waals surface area contributed by atoms with E-state index in [1.54, 1.807) is 48.5 Å². The second-order valence-corrected chi connectivity index (χ2v) is 11.6. The first-order valence-corrected chi connectivity index (χ1v) is 14.4. The first-order valence-electron chi connectivity index (χ1n) is 14.4. The van der Waals surface area contributed by atoms with Crippen molar-refractivity contribution in [3.05, 3.63) is 0 Å². The molecular weight excluding hydrogens is 596 g/mol. The highest BCUT2D eigenvalue weighted by Crippen LogP contribution is 2.10. The number of aliphatic carboxylic acids is 1. The van der Waals surface area contributed by atoms with E-state index in [4.69, 9.17) is 14.6 Å². The maximum absolute atomic E-state index is 11.9. The molecule has 16 heteroatoms. The van der Waals surface area contributed by atoms with Crippen LogP contribution in [-0.2, 0) is 33.4 Å². The Morgan fingerprint density at radius 3 is 1.31 bits per heavy atom. The molecule has 45 heavy (non-hydrogen) atoms. The van der Waals surface area contributed by atoms with E-state index in [0.29, 0.717) is 25.7 Å². The zero-order valence-corrected chi connectivity index (χ0v) is 27.3. The van der Waals surface area contributed by atoms with Crippen LogP contribution in [0.25, 0.3) is 0 Å². The summed E-state index contributed by atoms with van der Waals surface area (Å²) in [5.74, 6) is -3.43. The minimum Gasteiger partial charge on any atom is -0.480 e. The largest absolute Gasteiger partial charge is 0.480 e. The molecule has 0 aromatic carbocycles. The second-order valence-electron chi connectivity index (χ2n) is 11.6. The summed E-state index contributed by atoms with van der Waals surface area (Å²) in [5.41, 5.74) is -1.38. The fourth-order valence-electron chi connectivity index (χ4n) is 3.27. The number of hydrogen-bond acceptors (Lipinski definition) is 11. The molecule has 0 bridgehead atoms. The van der Waals surface area contributed by atoms with Gasteiger partial charge < -0.3 is 50.8 Å². The van der Waals surface area contributed by atoms with Gasteiger partial charge in [-0.25, -0.2) is 9.59 Å². The van der Waals surface area contributed by atoms with Crippen molar-refractivity contribution in [2.45, 2.75) is 131 Å². The average Bonchev–Trinajstić information content (AvgIpc) is 2.87. The molecule has 16 nitrogen and oxygen atoms in total. The van der Waals surface area contributed by atoms with Gasteiger partial charge in [-0.1, -0.05) is 34.1 Å². The summed E-state index contributed by atoms with van der Waals surface area (Å²) < 4.78 is 14.8. The minimum absolute atomic E-state index is 0. The third-order valence-electron chi connectivity index (χ3n) is 5.03. The Morgan fingerprint density at radius 1 is 0.667 bits per heavy atom. The van der Waals surface area contributed by atoms with Crippen molar-refractivity contribution >= 4 is 35.9 Å². The van der Waals surface area contributed by atoms with Crippen LogP contribution in [-0.4, -0.2) is 106 Å². The van der Waals surface area contributed by atoms with E-state index in [1.165, 1.54) is 0 Å². The van der Waals surface area contributed by atoms with Gasteiger partial charge in [-0.15, -0.1) is 0 Å². The zero-order chi connectivity index (χ0) is 34.7. The summed E-state index contributed by atoms with van der Waals surface area (Å²) in [6.45, 7) is 14.8. The molecule has 7 N–H and O–H groups in total. The van der Waals surface area contributed by atoms with Crippen LogP contribution in [0.3, 0.4) is 0 Å². The molecule has 0 saturated heterocycles. The number of nitrogens with one attached hydrogen (secondary N) is 4. The number of carbonyl (C=O) groups is 6. The highest BCUT2D eigenvalue weighted by molar-refractivity contribution is 5.86. The van der Waals surface area contributed by atoms with Gasteiger partial charge in [0, 0.05) is 0 Å². The topological polar surface area (TPSA) is 239 Å². The van der Waals surface area contributed by atoms with E-state index in [2.05, 4.69) is 26.0 Å². The number of hydrogen-bond donors (Lipinski definition) is 7. The fourth-order valence-corrected chi connectivity index (χ4v) is 3.27. The number of ether oxygens (including phenoxy) is 3. The number of amides is 4. The van der Waals surface area contributed by atoms with Gasteiger partial charge in [-0.2, -0.15) is 0 Å². The Labute approximate surface area is 266 Å². The van der Waals surface area contributed by atoms with E-state index in [1.807, 2.05) is 13.8 Å². The van der Waals surface area contributed by atoms with Crippen LogP contribution in [0.1, 0.15) is 95.4 Å². The molecule has 0 aliphatic rings. The number of rotatable bonds is 15. The molecule has 0 radical (unpaired) electrons. The number of alkyl carbamates (subject to hydrolysis) is 2. The molecule has 4 atom stereocenters. The van der Waals surface area contributed by atoms with Crippen LogP contribution in [0.4, 0.5) is 9.59 Å². The molecular formula is C29H56N4O12. The molecule has 264 valence electrons. The Kier molecular flexibility index (Phi) is 23.2. The summed E-state index contributed by atoms with van der Waals surface area (Å²) in [6.07, 6.45) is -2.51. The lowest BCUT2D eigenvalue weighted by Crippen LogP contribution is -2.52. The standard InChI is InChI=1S/C15H28N2O6.C13H24N2O6.CH4/c1-6-8-10(17-14(21)23-15(3,4)5)12(19)13(20)16-9-11(18)22-7-2;1-5-6-8(15-12(20)21-13(2,3)4)10(18)11(19)14-7-9(16)17;/h10,12,19H,6-9H2,1-5H3,(H,16,20)(H,17,21);8,10,18H,5-7H2,1-4H3,(H,14,19)(H,15,20)(H,16,17);1H4. The minimum atomic E-state index is -1.54. The Morgan fingerprint density at radius 2 is 1.02 bits per heavy atom. The molecule has 0 saturated carbocycles. The lowest BCUT2D eigenvalue weighted by molar-refractivity contribution is -0.144. The normalized spacial score (nSPS) is 13.5. The number of aliphatic hydroxyl groups is 2. The van der Waals surface area contributed by atoms with Crippen LogP contribution in [0.5, 0.6) is 0 Å². The first-order chi connectivity index (χ1) is 20.2. The molecule has 0 aromatic heterocycles. The maximum Gasteiger partial charge on any atom is 0.407 e. The molecule has 0 heterocycles. The lowest BCUT2D eigenvalue weighted by Gasteiger charge is -2.26. The molecule has 0 aromatic rings. The third-order valence-corrected chi connectivity index (χ3v) is 5.03. The third kappa shape index (κ3) is 24.4. The molecule has 4 amide bonds. The summed E-state index contributed by atoms with van der Waals surface area (Å²) in [5, 5.41) is 37.7. The molecule has 0 aliphatic heterocycles. The first kappa shape index (κ1) is 45.8. The molecule has 0 rings (SSSR count). The SMILES string of the molecule is C.CCCC(NC(=O)OC(C)(C)C)C(O)C(=O)NCC(=O)O.CCCC(NC(=O)OC(C)(C)C)C(O)C(=O)NCC(=O)OCC. The van der Waals surface area contributed by atoms with E-state index in [-0.39, 0.29) is 20.6 Å². The van der Waals surface area contributed by atoms with Gasteiger partial charge in [0.25, 0.3) is 11.8 Å². The molecule has 0 aliphatic carbocycles. The van der Waals surface area contributed by atoms with Crippen LogP contribution >= 0.6 is 0 Å².